The molecule has 0 fully saturated rings. The van der Waals surface area contributed by atoms with Gasteiger partial charge >= 0.3 is 0 Å². The van der Waals surface area contributed by atoms with Crippen molar-refractivity contribution in [1.82, 2.24) is 4.72 Å². The Morgan fingerprint density at radius 1 is 1.04 bits per heavy atom. The Hall–Kier alpha value is -1.77. The smallest absolute Gasteiger partial charge is 0.250 e. The maximum Gasteiger partial charge on any atom is 0.250 e. The number of sulfonamides is 1. The fraction of sp³-hybridized carbons (Fsp3) is 0.375. The van der Waals surface area contributed by atoms with Gasteiger partial charge in [0.1, 0.15) is 28.1 Å². The fourth-order valence-electron chi connectivity index (χ4n) is 1.97. The van der Waals surface area contributed by atoms with Crippen LogP contribution in [0.25, 0.3) is 0 Å². The van der Waals surface area contributed by atoms with Crippen molar-refractivity contribution >= 4 is 21.4 Å². The topological polar surface area (TPSA) is 73.9 Å². The molecule has 0 saturated heterocycles. The first-order chi connectivity index (χ1) is 11.5. The van der Waals surface area contributed by atoms with Crippen LogP contribution in [0.3, 0.4) is 0 Å². The largest absolute Gasteiger partial charge is 0.496 e. The van der Waals surface area contributed by atoms with E-state index in [1.54, 1.807) is 38.5 Å². The second kappa shape index (κ2) is 8.36. The minimum absolute atomic E-state index is 0.168. The van der Waals surface area contributed by atoms with Crippen molar-refractivity contribution < 1.29 is 22.6 Å². The van der Waals surface area contributed by atoms with Crippen LogP contribution in [0.1, 0.15) is 11.8 Å². The number of rotatable bonds is 9. The second-order valence-electron chi connectivity index (χ2n) is 4.87. The van der Waals surface area contributed by atoms with E-state index in [2.05, 4.69) is 4.72 Å². The zero-order valence-electron chi connectivity index (χ0n) is 13.9. The van der Waals surface area contributed by atoms with E-state index in [1.807, 2.05) is 13.0 Å². The van der Waals surface area contributed by atoms with E-state index < -0.39 is 10.0 Å². The molecule has 6 nitrogen and oxygen atoms in total. The Balaban J connectivity index is 1.90. The first-order valence-corrected chi connectivity index (χ1v) is 9.72. The summed E-state index contributed by atoms with van der Waals surface area (Å²) in [5.41, 5.74) is 0. The molecule has 0 saturated carbocycles. The summed E-state index contributed by atoms with van der Waals surface area (Å²) < 4.78 is 43.1. The monoisotopic (exact) mass is 371 g/mol. The van der Waals surface area contributed by atoms with Crippen LogP contribution in [0.2, 0.25) is 0 Å². The maximum absolute atomic E-state index is 12.2. The van der Waals surface area contributed by atoms with Gasteiger partial charge in [0, 0.05) is 29.6 Å². The number of methoxy groups -OCH3 is 2. The van der Waals surface area contributed by atoms with Gasteiger partial charge in [-0.3, -0.25) is 0 Å². The van der Waals surface area contributed by atoms with Crippen molar-refractivity contribution in [1.29, 1.82) is 0 Å². The molecule has 2 rings (SSSR count). The van der Waals surface area contributed by atoms with Crippen LogP contribution in [0, 0.1) is 0 Å². The molecule has 1 aromatic heterocycles. The third-order valence-electron chi connectivity index (χ3n) is 3.24. The highest BCUT2D eigenvalue weighted by Gasteiger charge is 2.16. The molecule has 0 amide bonds. The summed E-state index contributed by atoms with van der Waals surface area (Å²) in [4.78, 5) is 1.04. The molecule has 0 aliphatic rings. The summed E-state index contributed by atoms with van der Waals surface area (Å²) in [5.74, 6) is 1.76. The number of hydrogen-bond donors (Lipinski definition) is 1. The van der Waals surface area contributed by atoms with E-state index in [4.69, 9.17) is 14.2 Å². The standard InChI is InChI=1S/C16H21NO5S2/c1-4-15-5-6-16(23-15)24(18,19)17-7-8-22-14-10-12(20-2)9-13(11-14)21-3/h5-6,9-11,17H,4,7-8H2,1-3H3. The van der Waals surface area contributed by atoms with Crippen molar-refractivity contribution in [2.75, 3.05) is 27.4 Å². The van der Waals surface area contributed by atoms with Gasteiger partial charge in [-0.05, 0) is 18.6 Å². The summed E-state index contributed by atoms with van der Waals surface area (Å²) in [5, 5.41) is 0. The van der Waals surface area contributed by atoms with Crippen LogP contribution in [-0.2, 0) is 16.4 Å². The highest BCUT2D eigenvalue weighted by atomic mass is 32.2. The molecule has 0 unspecified atom stereocenters. The molecule has 0 radical (unpaired) electrons. The van der Waals surface area contributed by atoms with Gasteiger partial charge < -0.3 is 14.2 Å². The van der Waals surface area contributed by atoms with E-state index >= 15 is 0 Å². The lowest BCUT2D eigenvalue weighted by molar-refractivity contribution is 0.316. The Morgan fingerprint density at radius 2 is 1.67 bits per heavy atom. The molecular formula is C16H21NO5S2. The van der Waals surface area contributed by atoms with Crippen LogP contribution in [0.4, 0.5) is 0 Å². The number of aryl methyl sites for hydroxylation is 1. The molecule has 132 valence electrons. The maximum atomic E-state index is 12.2. The number of nitrogens with one attached hydrogen (secondary N) is 1. The molecule has 0 aliphatic heterocycles. The van der Waals surface area contributed by atoms with E-state index in [0.717, 1.165) is 11.3 Å². The van der Waals surface area contributed by atoms with Gasteiger partial charge in [-0.1, -0.05) is 6.92 Å². The molecule has 1 N–H and O–H groups in total. The van der Waals surface area contributed by atoms with Gasteiger partial charge in [-0.2, -0.15) is 0 Å². The van der Waals surface area contributed by atoms with E-state index in [0.29, 0.717) is 21.5 Å². The molecule has 24 heavy (non-hydrogen) atoms. The summed E-state index contributed by atoms with van der Waals surface area (Å²) in [6, 6.07) is 8.61. The summed E-state index contributed by atoms with van der Waals surface area (Å²) in [7, 11) is -0.383. The van der Waals surface area contributed by atoms with Gasteiger partial charge in [-0.15, -0.1) is 11.3 Å². The average Bonchev–Trinajstić information content (AvgIpc) is 3.08. The number of hydrogen-bond acceptors (Lipinski definition) is 6. The van der Waals surface area contributed by atoms with E-state index in [9.17, 15) is 8.42 Å². The van der Waals surface area contributed by atoms with E-state index in [1.165, 1.54) is 11.3 Å². The average molecular weight is 371 g/mol. The Morgan fingerprint density at radius 3 is 2.21 bits per heavy atom. The van der Waals surface area contributed by atoms with Crippen molar-refractivity contribution in [3.63, 3.8) is 0 Å². The first-order valence-electron chi connectivity index (χ1n) is 7.42. The lowest BCUT2D eigenvalue weighted by Crippen LogP contribution is -2.27. The van der Waals surface area contributed by atoms with Gasteiger partial charge in [-0.25, -0.2) is 13.1 Å². The Bertz CT molecular complexity index is 748. The van der Waals surface area contributed by atoms with Crippen LogP contribution in [0.15, 0.2) is 34.5 Å². The van der Waals surface area contributed by atoms with Crippen molar-refractivity contribution in [3.8, 4) is 17.2 Å². The molecule has 0 spiro atoms. The number of thiophene rings is 1. The SMILES string of the molecule is CCc1ccc(S(=O)(=O)NCCOc2cc(OC)cc(OC)c2)s1. The minimum Gasteiger partial charge on any atom is -0.496 e. The third kappa shape index (κ3) is 4.86. The Kier molecular flexibility index (Phi) is 6.47. The highest BCUT2D eigenvalue weighted by molar-refractivity contribution is 7.91. The normalized spacial score (nSPS) is 11.3. The quantitative estimate of drug-likeness (QED) is 0.686. The molecule has 0 atom stereocenters. The van der Waals surface area contributed by atoms with E-state index in [-0.39, 0.29) is 13.2 Å². The third-order valence-corrected chi connectivity index (χ3v) is 6.42. The van der Waals surface area contributed by atoms with Crippen LogP contribution in [-0.4, -0.2) is 35.8 Å². The van der Waals surface area contributed by atoms with Gasteiger partial charge in [0.15, 0.2) is 0 Å². The lowest BCUT2D eigenvalue weighted by atomic mass is 10.3. The first kappa shape index (κ1) is 18.6. The zero-order chi connectivity index (χ0) is 17.6. The van der Waals surface area contributed by atoms with Gasteiger partial charge in [0.05, 0.1) is 14.2 Å². The molecule has 1 aromatic carbocycles. The summed E-state index contributed by atoms with van der Waals surface area (Å²) in [6.45, 7) is 2.36. The molecule has 8 heteroatoms. The molecule has 0 bridgehead atoms. The molecular weight excluding hydrogens is 350 g/mol. The van der Waals surface area contributed by atoms with Crippen LogP contribution in [0.5, 0.6) is 17.2 Å². The number of benzene rings is 1. The molecule has 2 aromatic rings. The highest BCUT2D eigenvalue weighted by Crippen LogP contribution is 2.27. The van der Waals surface area contributed by atoms with Crippen molar-refractivity contribution in [3.05, 3.63) is 35.2 Å². The Labute approximate surface area is 146 Å². The van der Waals surface area contributed by atoms with Crippen molar-refractivity contribution in [2.45, 2.75) is 17.6 Å². The lowest BCUT2D eigenvalue weighted by Gasteiger charge is -2.10. The fourth-order valence-corrected chi connectivity index (χ4v) is 4.33. The summed E-state index contributed by atoms with van der Waals surface area (Å²) in [6.07, 6.45) is 0.820. The summed E-state index contributed by atoms with van der Waals surface area (Å²) >= 11 is 1.28. The predicted octanol–water partition coefficient (Wildman–Crippen LogP) is 2.69. The van der Waals surface area contributed by atoms with Crippen LogP contribution < -0.4 is 18.9 Å². The zero-order valence-corrected chi connectivity index (χ0v) is 15.5. The van der Waals surface area contributed by atoms with Crippen LogP contribution >= 0.6 is 11.3 Å². The minimum atomic E-state index is -3.49. The van der Waals surface area contributed by atoms with Crippen molar-refractivity contribution in [2.24, 2.45) is 0 Å². The predicted molar refractivity (Wildman–Crippen MR) is 93.9 cm³/mol. The molecule has 0 aliphatic carbocycles. The second-order valence-corrected chi connectivity index (χ2v) is 8.03. The number of ether oxygens (including phenoxy) is 3. The van der Waals surface area contributed by atoms with Gasteiger partial charge in [0.2, 0.25) is 10.0 Å². The van der Waals surface area contributed by atoms with Gasteiger partial charge in [0.25, 0.3) is 0 Å². The molecule has 1 heterocycles.